The molecule has 33 heavy (non-hydrogen) atoms. The molecule has 2 amide bonds. The highest BCUT2D eigenvalue weighted by atomic mass is 16.5. The number of piperidine rings is 1. The monoisotopic (exact) mass is 452 g/mol. The Kier molecular flexibility index (Phi) is 5.51. The summed E-state index contributed by atoms with van der Waals surface area (Å²) in [6.07, 6.45) is 6.24. The summed E-state index contributed by atoms with van der Waals surface area (Å²) in [6, 6.07) is 7.05. The number of nitrogens with zero attached hydrogens (tertiary/aromatic N) is 3. The third kappa shape index (κ3) is 4.05. The third-order valence-electron chi connectivity index (χ3n) is 7.96. The van der Waals surface area contributed by atoms with Gasteiger partial charge in [0, 0.05) is 25.0 Å². The van der Waals surface area contributed by atoms with Crippen molar-refractivity contribution < 1.29 is 19.1 Å². The molecule has 3 fully saturated rings. The summed E-state index contributed by atoms with van der Waals surface area (Å²) < 4.78 is 7.24. The van der Waals surface area contributed by atoms with E-state index >= 15 is 0 Å². The molecule has 2 saturated carbocycles. The molecule has 1 aliphatic heterocycles. The van der Waals surface area contributed by atoms with Crippen LogP contribution < -0.4 is 5.73 Å². The summed E-state index contributed by atoms with van der Waals surface area (Å²) in [5.74, 6) is 0.161. The van der Waals surface area contributed by atoms with Gasteiger partial charge in [0.1, 0.15) is 6.54 Å². The summed E-state index contributed by atoms with van der Waals surface area (Å²) in [7, 11) is 1.75. The number of hydrogen-bond donors (Lipinski definition) is 1. The summed E-state index contributed by atoms with van der Waals surface area (Å²) in [5, 5.41) is 4.96. The first kappa shape index (κ1) is 22.1. The third-order valence-corrected chi connectivity index (χ3v) is 7.96. The molecule has 2 heterocycles. The number of primary amides is 1. The Morgan fingerprint density at radius 3 is 2.79 bits per heavy atom. The van der Waals surface area contributed by atoms with Crippen molar-refractivity contribution in [1.29, 1.82) is 0 Å². The molecular formula is C25H32N4O4. The number of carbonyl (C=O) groups excluding carboxylic acids is 3. The number of para-hydroxylation sites is 1. The van der Waals surface area contributed by atoms with Gasteiger partial charge in [-0.1, -0.05) is 24.6 Å². The van der Waals surface area contributed by atoms with E-state index in [2.05, 4.69) is 12.0 Å². The first-order valence-electron chi connectivity index (χ1n) is 11.9. The summed E-state index contributed by atoms with van der Waals surface area (Å²) in [4.78, 5) is 40.4. The minimum Gasteiger partial charge on any atom is -0.379 e. The normalized spacial score (nSPS) is 30.9. The van der Waals surface area contributed by atoms with Gasteiger partial charge in [-0.3, -0.25) is 19.1 Å². The molecule has 8 nitrogen and oxygen atoms in total. The number of Topliss-reactive ketones (excluding diaryl/α,β-unsaturated/α-hetero) is 1. The van der Waals surface area contributed by atoms with Crippen LogP contribution in [0.5, 0.6) is 0 Å². The molecule has 2 aromatic rings. The van der Waals surface area contributed by atoms with Crippen molar-refractivity contribution in [1.82, 2.24) is 14.7 Å². The van der Waals surface area contributed by atoms with Gasteiger partial charge in [-0.15, -0.1) is 0 Å². The number of hydrogen-bond acceptors (Lipinski definition) is 5. The number of rotatable bonds is 7. The highest BCUT2D eigenvalue weighted by Gasteiger charge is 2.55. The van der Waals surface area contributed by atoms with Gasteiger partial charge in [0.15, 0.2) is 11.5 Å². The van der Waals surface area contributed by atoms with Crippen molar-refractivity contribution in [3.05, 3.63) is 30.0 Å². The molecule has 0 radical (unpaired) electrons. The number of aromatic nitrogens is 2. The molecule has 1 saturated heterocycles. The number of ketones is 1. The molecule has 1 aromatic carbocycles. The Bertz CT molecular complexity index is 1110. The van der Waals surface area contributed by atoms with Crippen molar-refractivity contribution in [2.75, 3.05) is 7.11 Å². The van der Waals surface area contributed by atoms with Crippen molar-refractivity contribution in [3.63, 3.8) is 0 Å². The zero-order valence-corrected chi connectivity index (χ0v) is 19.3. The van der Waals surface area contributed by atoms with Gasteiger partial charge in [-0.05, 0) is 56.9 Å². The molecule has 2 aliphatic carbocycles. The van der Waals surface area contributed by atoms with Gasteiger partial charge in [-0.2, -0.15) is 5.10 Å². The molecule has 176 valence electrons. The quantitative estimate of drug-likeness (QED) is 0.695. The lowest BCUT2D eigenvalue weighted by atomic mass is 9.76. The number of ether oxygens (including phenoxy) is 1. The van der Waals surface area contributed by atoms with E-state index in [9.17, 15) is 14.4 Å². The van der Waals surface area contributed by atoms with Gasteiger partial charge in [0.05, 0.1) is 17.2 Å². The predicted molar refractivity (Wildman–Crippen MR) is 122 cm³/mol. The zero-order valence-electron chi connectivity index (χ0n) is 19.3. The van der Waals surface area contributed by atoms with Crippen LogP contribution in [0.2, 0.25) is 0 Å². The number of likely N-dealkylation sites (tertiary alicyclic amines) is 1. The fourth-order valence-corrected chi connectivity index (χ4v) is 6.10. The smallest absolute Gasteiger partial charge is 0.269 e. The van der Waals surface area contributed by atoms with Crippen LogP contribution in [0.1, 0.15) is 62.4 Å². The Morgan fingerprint density at radius 2 is 2.03 bits per heavy atom. The first-order chi connectivity index (χ1) is 15.8. The van der Waals surface area contributed by atoms with Crippen LogP contribution in [0.3, 0.4) is 0 Å². The van der Waals surface area contributed by atoms with E-state index in [0.29, 0.717) is 29.2 Å². The van der Waals surface area contributed by atoms with Crippen LogP contribution in [-0.4, -0.2) is 57.1 Å². The van der Waals surface area contributed by atoms with Crippen LogP contribution in [0, 0.1) is 11.8 Å². The van der Waals surface area contributed by atoms with Gasteiger partial charge >= 0.3 is 0 Å². The molecule has 0 spiro atoms. The average Bonchev–Trinajstić information content (AvgIpc) is 3.29. The lowest BCUT2D eigenvalue weighted by Crippen LogP contribution is -2.45. The fourth-order valence-electron chi connectivity index (χ4n) is 6.10. The summed E-state index contributed by atoms with van der Waals surface area (Å²) >= 11 is 0. The molecular weight excluding hydrogens is 420 g/mol. The number of fused-ring (bicyclic) bond motifs is 2. The largest absolute Gasteiger partial charge is 0.379 e. The molecule has 8 heteroatoms. The van der Waals surface area contributed by atoms with E-state index in [-0.39, 0.29) is 41.6 Å². The number of methoxy groups -OCH3 is 1. The summed E-state index contributed by atoms with van der Waals surface area (Å²) in [5.41, 5.74) is 6.19. The molecule has 3 aliphatic rings. The Labute approximate surface area is 193 Å². The van der Waals surface area contributed by atoms with E-state index in [1.54, 1.807) is 17.9 Å². The van der Waals surface area contributed by atoms with Crippen molar-refractivity contribution in [2.24, 2.45) is 17.6 Å². The summed E-state index contributed by atoms with van der Waals surface area (Å²) in [6.45, 7) is 2.12. The predicted octanol–water partition coefficient (Wildman–Crippen LogP) is 2.68. The van der Waals surface area contributed by atoms with Gasteiger partial charge < -0.3 is 15.4 Å². The molecule has 5 rings (SSSR count). The van der Waals surface area contributed by atoms with Gasteiger partial charge in [0.25, 0.3) is 5.91 Å². The molecule has 1 aromatic heterocycles. The minimum absolute atomic E-state index is 0.00797. The second-order valence-corrected chi connectivity index (χ2v) is 10.3. The van der Waals surface area contributed by atoms with Crippen molar-refractivity contribution >= 4 is 28.5 Å². The Balaban J connectivity index is 1.32. The second-order valence-electron chi connectivity index (χ2n) is 10.3. The number of benzene rings is 1. The SMILES string of the molecule is COC1(C)CCCC(CC(=O)[C@@H]2C[C@H]3C[C@H]3N2C(=O)Cn2nc(C(N)=O)c3ccccc32)C1. The molecule has 2 unspecified atom stereocenters. The highest BCUT2D eigenvalue weighted by Crippen LogP contribution is 2.49. The van der Waals surface area contributed by atoms with Gasteiger partial charge in [0.2, 0.25) is 5.91 Å². The molecule has 2 N–H and O–H groups in total. The average molecular weight is 453 g/mol. The van der Waals surface area contributed by atoms with Crippen LogP contribution in [0.4, 0.5) is 0 Å². The van der Waals surface area contributed by atoms with E-state index in [1.165, 1.54) is 0 Å². The number of carbonyl (C=O) groups is 3. The van der Waals surface area contributed by atoms with Crippen molar-refractivity contribution in [2.45, 2.75) is 76.1 Å². The minimum atomic E-state index is -0.621. The molecule has 5 atom stereocenters. The van der Waals surface area contributed by atoms with Crippen LogP contribution in [0.25, 0.3) is 10.9 Å². The maximum atomic E-state index is 13.4. The van der Waals surface area contributed by atoms with E-state index in [0.717, 1.165) is 38.5 Å². The van der Waals surface area contributed by atoms with E-state index in [4.69, 9.17) is 10.5 Å². The topological polar surface area (TPSA) is 108 Å². The number of nitrogens with two attached hydrogens (primary N) is 1. The van der Waals surface area contributed by atoms with Crippen LogP contribution in [-0.2, 0) is 20.9 Å². The first-order valence-corrected chi connectivity index (χ1v) is 11.9. The molecule has 0 bridgehead atoms. The van der Waals surface area contributed by atoms with Gasteiger partial charge in [-0.25, -0.2) is 0 Å². The van der Waals surface area contributed by atoms with E-state index in [1.807, 2.05) is 23.1 Å². The highest BCUT2D eigenvalue weighted by molar-refractivity contribution is 6.04. The second kappa shape index (κ2) is 8.24. The maximum Gasteiger partial charge on any atom is 0.269 e. The van der Waals surface area contributed by atoms with Crippen LogP contribution >= 0.6 is 0 Å². The lowest BCUT2D eigenvalue weighted by molar-refractivity contribution is -0.140. The van der Waals surface area contributed by atoms with Crippen LogP contribution in [0.15, 0.2) is 24.3 Å². The Hall–Kier alpha value is -2.74. The zero-order chi connectivity index (χ0) is 23.3. The number of amides is 2. The standard InChI is InChI=1S/C25H32N4O4/c1-25(33-2)9-5-6-15(13-25)10-21(30)20-12-16-11-19(16)29(20)22(31)14-28-18-8-4-3-7-17(18)23(27-28)24(26)32/h3-4,7-8,15-16,19-20H,5-6,9-14H2,1-2H3,(H2,26,32)/t15?,16-,19-,20+,25?/m1/s1. The van der Waals surface area contributed by atoms with E-state index < -0.39 is 5.91 Å². The lowest BCUT2D eigenvalue weighted by Gasteiger charge is -2.37. The maximum absolute atomic E-state index is 13.4. The fraction of sp³-hybridized carbons (Fsp3) is 0.600. The van der Waals surface area contributed by atoms with Crippen molar-refractivity contribution in [3.8, 4) is 0 Å². The Morgan fingerprint density at radius 1 is 1.24 bits per heavy atom.